The van der Waals surface area contributed by atoms with Gasteiger partial charge in [-0.2, -0.15) is 0 Å². The molecule has 0 heterocycles. The molecule has 0 aliphatic rings. The highest BCUT2D eigenvalue weighted by molar-refractivity contribution is 7.92. The molecule has 1 atom stereocenters. The van der Waals surface area contributed by atoms with E-state index in [0.29, 0.717) is 0 Å². The number of rotatable bonds is 4. The Kier molecular flexibility index (Phi) is 3.86. The van der Waals surface area contributed by atoms with E-state index in [9.17, 15) is 13.2 Å². The highest BCUT2D eigenvalue weighted by Gasteiger charge is 2.25. The standard InChI is InChI=1S/C12H16O3S/c1-9-6-4-5-7-12(9)8-16(14,15)11(3)10(2)13/h4-7,11H,8H2,1-3H3. The Morgan fingerprint density at radius 3 is 2.38 bits per heavy atom. The quantitative estimate of drug-likeness (QED) is 0.807. The molecule has 1 unspecified atom stereocenters. The van der Waals surface area contributed by atoms with E-state index in [1.807, 2.05) is 19.1 Å². The first-order chi connectivity index (χ1) is 7.34. The highest BCUT2D eigenvalue weighted by atomic mass is 32.2. The Bertz CT molecular complexity index is 489. The number of sulfone groups is 1. The summed E-state index contributed by atoms with van der Waals surface area (Å²) in [6.07, 6.45) is 0. The van der Waals surface area contributed by atoms with Crippen LogP contribution in [0.1, 0.15) is 25.0 Å². The Labute approximate surface area is 96.4 Å². The molecule has 0 amide bonds. The van der Waals surface area contributed by atoms with E-state index in [1.165, 1.54) is 13.8 Å². The van der Waals surface area contributed by atoms with E-state index in [0.717, 1.165) is 11.1 Å². The molecule has 1 rings (SSSR count). The van der Waals surface area contributed by atoms with E-state index in [4.69, 9.17) is 0 Å². The van der Waals surface area contributed by atoms with Crippen molar-refractivity contribution in [2.24, 2.45) is 0 Å². The van der Waals surface area contributed by atoms with Gasteiger partial charge in [-0.15, -0.1) is 0 Å². The van der Waals surface area contributed by atoms with Gasteiger partial charge < -0.3 is 0 Å². The van der Waals surface area contributed by atoms with Crippen LogP contribution in [0, 0.1) is 6.92 Å². The number of Topliss-reactive ketones (excluding diaryl/α,β-unsaturated/α-hetero) is 1. The van der Waals surface area contributed by atoms with Crippen molar-refractivity contribution in [3.63, 3.8) is 0 Å². The molecule has 0 aromatic heterocycles. The lowest BCUT2D eigenvalue weighted by molar-refractivity contribution is -0.116. The maximum absolute atomic E-state index is 11.9. The first kappa shape index (κ1) is 12.9. The SMILES string of the molecule is CC(=O)C(C)S(=O)(=O)Cc1ccccc1C. The fourth-order valence-corrected chi connectivity index (χ4v) is 2.88. The van der Waals surface area contributed by atoms with Gasteiger partial charge in [0.15, 0.2) is 9.84 Å². The van der Waals surface area contributed by atoms with E-state index in [2.05, 4.69) is 0 Å². The first-order valence-corrected chi connectivity index (χ1v) is 6.82. The Balaban J connectivity index is 2.98. The van der Waals surface area contributed by atoms with Crippen LogP contribution in [0.3, 0.4) is 0 Å². The minimum Gasteiger partial charge on any atom is -0.299 e. The fraction of sp³-hybridized carbons (Fsp3) is 0.417. The second kappa shape index (κ2) is 4.78. The molecule has 4 heteroatoms. The van der Waals surface area contributed by atoms with Crippen LogP contribution in [0.25, 0.3) is 0 Å². The molecule has 0 spiro atoms. The van der Waals surface area contributed by atoms with E-state index in [-0.39, 0.29) is 11.5 Å². The molecule has 3 nitrogen and oxygen atoms in total. The van der Waals surface area contributed by atoms with Gasteiger partial charge in [0.2, 0.25) is 0 Å². The summed E-state index contributed by atoms with van der Waals surface area (Å²) in [5.41, 5.74) is 1.69. The van der Waals surface area contributed by atoms with Crippen LogP contribution in [0.5, 0.6) is 0 Å². The van der Waals surface area contributed by atoms with Crippen LogP contribution in [0.2, 0.25) is 0 Å². The average Bonchev–Trinajstić information content (AvgIpc) is 2.20. The smallest absolute Gasteiger partial charge is 0.164 e. The van der Waals surface area contributed by atoms with Crippen LogP contribution < -0.4 is 0 Å². The van der Waals surface area contributed by atoms with Crippen LogP contribution in [-0.2, 0) is 20.4 Å². The van der Waals surface area contributed by atoms with Crippen molar-refractivity contribution in [2.75, 3.05) is 0 Å². The van der Waals surface area contributed by atoms with Crippen molar-refractivity contribution in [1.29, 1.82) is 0 Å². The summed E-state index contributed by atoms with van der Waals surface area (Å²) in [7, 11) is -3.38. The summed E-state index contributed by atoms with van der Waals surface area (Å²) in [5, 5.41) is -0.924. The lowest BCUT2D eigenvalue weighted by Gasteiger charge is -2.11. The van der Waals surface area contributed by atoms with Gasteiger partial charge in [0, 0.05) is 0 Å². The second-order valence-electron chi connectivity index (χ2n) is 3.99. The molecule has 1 aromatic rings. The number of carbonyl (C=O) groups is 1. The van der Waals surface area contributed by atoms with Gasteiger partial charge in [-0.3, -0.25) is 4.79 Å². The molecule has 0 aliphatic carbocycles. The van der Waals surface area contributed by atoms with Gasteiger partial charge >= 0.3 is 0 Å². The Hall–Kier alpha value is -1.16. The summed E-state index contributed by atoms with van der Waals surface area (Å²) < 4.78 is 23.7. The molecule has 0 aliphatic heterocycles. The molecule has 0 saturated heterocycles. The highest BCUT2D eigenvalue weighted by Crippen LogP contribution is 2.15. The van der Waals surface area contributed by atoms with Crippen LogP contribution in [-0.4, -0.2) is 19.5 Å². The fourth-order valence-electron chi connectivity index (χ4n) is 1.37. The third kappa shape index (κ3) is 2.92. The lowest BCUT2D eigenvalue weighted by Crippen LogP contribution is -2.26. The summed E-state index contributed by atoms with van der Waals surface area (Å²) in [6, 6.07) is 7.30. The van der Waals surface area contributed by atoms with Gasteiger partial charge in [-0.25, -0.2) is 8.42 Å². The molecule has 0 fully saturated rings. The summed E-state index contributed by atoms with van der Waals surface area (Å²) in [5.74, 6) is -0.381. The van der Waals surface area contributed by atoms with Crippen LogP contribution in [0.15, 0.2) is 24.3 Å². The number of aryl methyl sites for hydroxylation is 1. The Morgan fingerprint density at radius 2 is 1.88 bits per heavy atom. The topological polar surface area (TPSA) is 51.2 Å². The number of ketones is 1. The molecular formula is C12H16O3S. The molecule has 0 N–H and O–H groups in total. The second-order valence-corrected chi connectivity index (χ2v) is 6.31. The minimum absolute atomic E-state index is 0.0690. The average molecular weight is 240 g/mol. The maximum atomic E-state index is 11.9. The maximum Gasteiger partial charge on any atom is 0.164 e. The molecule has 16 heavy (non-hydrogen) atoms. The first-order valence-electron chi connectivity index (χ1n) is 5.11. The zero-order chi connectivity index (χ0) is 12.3. The molecule has 0 radical (unpaired) electrons. The summed E-state index contributed by atoms with van der Waals surface area (Å²) in [4.78, 5) is 11.1. The number of benzene rings is 1. The largest absolute Gasteiger partial charge is 0.299 e. The van der Waals surface area contributed by atoms with E-state index >= 15 is 0 Å². The van der Waals surface area contributed by atoms with Crippen molar-refractivity contribution in [3.05, 3.63) is 35.4 Å². The number of hydrogen-bond acceptors (Lipinski definition) is 3. The molecule has 0 bridgehead atoms. The summed E-state index contributed by atoms with van der Waals surface area (Å²) in [6.45, 7) is 4.61. The number of carbonyl (C=O) groups excluding carboxylic acids is 1. The van der Waals surface area contributed by atoms with Gasteiger partial charge in [-0.1, -0.05) is 24.3 Å². The van der Waals surface area contributed by atoms with Gasteiger partial charge in [0.1, 0.15) is 11.0 Å². The van der Waals surface area contributed by atoms with E-state index in [1.54, 1.807) is 12.1 Å². The van der Waals surface area contributed by atoms with Crippen molar-refractivity contribution in [2.45, 2.75) is 31.8 Å². The molecule has 88 valence electrons. The van der Waals surface area contributed by atoms with Crippen LogP contribution >= 0.6 is 0 Å². The Morgan fingerprint density at radius 1 is 1.31 bits per heavy atom. The normalized spacial score (nSPS) is 13.4. The zero-order valence-electron chi connectivity index (χ0n) is 9.73. The lowest BCUT2D eigenvalue weighted by atomic mass is 10.1. The minimum atomic E-state index is -3.38. The van der Waals surface area contributed by atoms with Gasteiger partial charge in [-0.05, 0) is 31.9 Å². The van der Waals surface area contributed by atoms with E-state index < -0.39 is 15.1 Å². The van der Waals surface area contributed by atoms with Crippen molar-refractivity contribution >= 4 is 15.6 Å². The van der Waals surface area contributed by atoms with Crippen molar-refractivity contribution in [3.8, 4) is 0 Å². The molecule has 1 aromatic carbocycles. The van der Waals surface area contributed by atoms with Gasteiger partial charge in [0.05, 0.1) is 5.75 Å². The van der Waals surface area contributed by atoms with Gasteiger partial charge in [0.25, 0.3) is 0 Å². The monoisotopic (exact) mass is 240 g/mol. The van der Waals surface area contributed by atoms with Crippen molar-refractivity contribution < 1.29 is 13.2 Å². The predicted molar refractivity (Wildman–Crippen MR) is 63.9 cm³/mol. The van der Waals surface area contributed by atoms with Crippen LogP contribution in [0.4, 0.5) is 0 Å². The zero-order valence-corrected chi connectivity index (χ0v) is 10.5. The molecule has 0 saturated carbocycles. The number of hydrogen-bond donors (Lipinski definition) is 0. The molecular weight excluding hydrogens is 224 g/mol. The summed E-state index contributed by atoms with van der Waals surface area (Å²) >= 11 is 0. The predicted octanol–water partition coefficient (Wildman–Crippen LogP) is 1.89. The third-order valence-corrected chi connectivity index (χ3v) is 4.85. The third-order valence-electron chi connectivity index (χ3n) is 2.73. The van der Waals surface area contributed by atoms with Crippen molar-refractivity contribution in [1.82, 2.24) is 0 Å².